The van der Waals surface area contributed by atoms with E-state index in [1.807, 2.05) is 48.2 Å². The summed E-state index contributed by atoms with van der Waals surface area (Å²) in [4.78, 5) is 14.5. The number of nitrogens with zero attached hydrogens (tertiary/aromatic N) is 2. The number of carbonyl (C=O) groups excluding carboxylic acids is 1. The molecule has 3 aromatic rings. The Morgan fingerprint density at radius 2 is 1.67 bits per heavy atom. The summed E-state index contributed by atoms with van der Waals surface area (Å²) >= 11 is 0. The normalized spacial score (nSPS) is 14.5. The lowest BCUT2D eigenvalue weighted by atomic mass is 9.90. The van der Waals surface area contributed by atoms with E-state index in [0.717, 1.165) is 43.8 Å². The summed E-state index contributed by atoms with van der Waals surface area (Å²) in [6, 6.07) is 20.4. The number of hydrogen-bond acceptors (Lipinski definition) is 2. The number of amides is 2. The van der Waals surface area contributed by atoms with Crippen LogP contribution < -0.4 is 10.1 Å². The van der Waals surface area contributed by atoms with E-state index in [2.05, 4.69) is 46.5 Å². The van der Waals surface area contributed by atoms with Gasteiger partial charge < -0.3 is 19.5 Å². The van der Waals surface area contributed by atoms with Gasteiger partial charge >= 0.3 is 6.03 Å². The molecule has 1 aliphatic heterocycles. The van der Waals surface area contributed by atoms with Crippen LogP contribution in [0.4, 0.5) is 10.5 Å². The number of aromatic nitrogens is 1. The molecular weight excluding hydrogens is 374 g/mol. The van der Waals surface area contributed by atoms with Crippen molar-refractivity contribution < 1.29 is 9.53 Å². The first kappa shape index (κ1) is 20.1. The molecule has 1 aromatic heterocycles. The van der Waals surface area contributed by atoms with Gasteiger partial charge in [-0.25, -0.2) is 4.79 Å². The van der Waals surface area contributed by atoms with Crippen molar-refractivity contribution in [2.45, 2.75) is 26.2 Å². The maximum Gasteiger partial charge on any atom is 0.321 e. The third-order valence-electron chi connectivity index (χ3n) is 5.68. The number of anilines is 1. The molecule has 0 bridgehead atoms. The summed E-state index contributed by atoms with van der Waals surface area (Å²) in [5.74, 6) is 1.44. The molecule has 2 aromatic carbocycles. The predicted octanol–water partition coefficient (Wildman–Crippen LogP) is 5.36. The van der Waals surface area contributed by atoms with Gasteiger partial charge in [-0.3, -0.25) is 0 Å². The summed E-state index contributed by atoms with van der Waals surface area (Å²) in [6.07, 6.45) is 7.26. The number of carbonyl (C=O) groups is 1. The minimum atomic E-state index is -0.0197. The van der Waals surface area contributed by atoms with Crippen LogP contribution >= 0.6 is 0 Å². The van der Waals surface area contributed by atoms with Gasteiger partial charge in [0.15, 0.2) is 0 Å². The maximum absolute atomic E-state index is 12.6. The first-order valence-electron chi connectivity index (χ1n) is 10.7. The Labute approximate surface area is 178 Å². The Balaban J connectivity index is 1.24. The number of benzene rings is 2. The third-order valence-corrected chi connectivity index (χ3v) is 5.68. The van der Waals surface area contributed by atoms with E-state index in [0.29, 0.717) is 12.5 Å². The van der Waals surface area contributed by atoms with E-state index in [4.69, 9.17) is 4.74 Å². The summed E-state index contributed by atoms with van der Waals surface area (Å²) in [6.45, 7) is 4.19. The molecule has 0 saturated carbocycles. The van der Waals surface area contributed by atoms with E-state index >= 15 is 0 Å². The van der Waals surface area contributed by atoms with Crippen molar-refractivity contribution in [1.82, 2.24) is 9.47 Å². The number of piperidine rings is 1. The van der Waals surface area contributed by atoms with E-state index in [1.165, 1.54) is 11.3 Å². The number of ether oxygens (including phenoxy) is 1. The number of likely N-dealkylation sites (tertiary alicyclic amines) is 1. The van der Waals surface area contributed by atoms with Crippen LogP contribution in [0.5, 0.6) is 5.75 Å². The summed E-state index contributed by atoms with van der Waals surface area (Å²) in [5.41, 5.74) is 3.35. The van der Waals surface area contributed by atoms with Crippen molar-refractivity contribution in [3.63, 3.8) is 0 Å². The zero-order valence-corrected chi connectivity index (χ0v) is 17.5. The van der Waals surface area contributed by atoms with Crippen LogP contribution in [0.25, 0.3) is 5.69 Å². The Kier molecular flexibility index (Phi) is 6.38. The van der Waals surface area contributed by atoms with Gasteiger partial charge in [0.2, 0.25) is 0 Å². The smallest absolute Gasteiger partial charge is 0.321 e. The SMILES string of the molecule is CCOc1ccc(NC(=O)N2CCC(Cc3ccc(-n4cccc4)cc3)CC2)cc1. The number of rotatable bonds is 6. The summed E-state index contributed by atoms with van der Waals surface area (Å²) in [7, 11) is 0. The molecule has 0 atom stereocenters. The second-order valence-corrected chi connectivity index (χ2v) is 7.78. The molecule has 0 spiro atoms. The number of urea groups is 1. The summed E-state index contributed by atoms with van der Waals surface area (Å²) in [5, 5.41) is 2.99. The van der Waals surface area contributed by atoms with Crippen molar-refractivity contribution >= 4 is 11.7 Å². The van der Waals surface area contributed by atoms with Gasteiger partial charge in [0, 0.05) is 36.9 Å². The molecule has 0 radical (unpaired) electrons. The molecule has 1 aliphatic rings. The Morgan fingerprint density at radius 3 is 2.30 bits per heavy atom. The minimum absolute atomic E-state index is 0.0197. The molecule has 5 nitrogen and oxygen atoms in total. The third kappa shape index (κ3) is 5.03. The molecular formula is C25H29N3O2. The zero-order chi connectivity index (χ0) is 20.8. The lowest BCUT2D eigenvalue weighted by molar-refractivity contribution is 0.182. The highest BCUT2D eigenvalue weighted by Gasteiger charge is 2.23. The standard InChI is InChI=1S/C25H29N3O2/c1-2-30-24-11-7-22(8-12-24)26-25(29)28-17-13-21(14-18-28)19-20-5-9-23(10-6-20)27-15-3-4-16-27/h3-12,15-16,21H,2,13-14,17-19H2,1H3,(H,26,29). The molecule has 1 N–H and O–H groups in total. The largest absolute Gasteiger partial charge is 0.494 e. The van der Waals surface area contributed by atoms with Crippen LogP contribution in [0.1, 0.15) is 25.3 Å². The maximum atomic E-state index is 12.6. The molecule has 5 heteroatoms. The first-order valence-corrected chi connectivity index (χ1v) is 10.7. The average Bonchev–Trinajstić information content (AvgIpc) is 3.31. The second-order valence-electron chi connectivity index (χ2n) is 7.78. The number of hydrogen-bond donors (Lipinski definition) is 1. The van der Waals surface area contributed by atoms with Crippen molar-refractivity contribution in [3.8, 4) is 11.4 Å². The highest BCUT2D eigenvalue weighted by atomic mass is 16.5. The number of nitrogens with one attached hydrogen (secondary N) is 1. The van der Waals surface area contributed by atoms with E-state index in [1.54, 1.807) is 0 Å². The highest BCUT2D eigenvalue weighted by molar-refractivity contribution is 5.89. The second kappa shape index (κ2) is 9.53. The Morgan fingerprint density at radius 1 is 1.00 bits per heavy atom. The molecule has 2 amide bonds. The van der Waals surface area contributed by atoms with Gasteiger partial charge in [0.05, 0.1) is 6.61 Å². The molecule has 2 heterocycles. The topological polar surface area (TPSA) is 46.5 Å². The average molecular weight is 404 g/mol. The molecule has 0 unspecified atom stereocenters. The lowest BCUT2D eigenvalue weighted by Crippen LogP contribution is -2.41. The van der Waals surface area contributed by atoms with Crippen LogP contribution in [-0.4, -0.2) is 35.2 Å². The molecule has 1 saturated heterocycles. The van der Waals surface area contributed by atoms with E-state index < -0.39 is 0 Å². The van der Waals surface area contributed by atoms with Gasteiger partial charge in [0.1, 0.15) is 5.75 Å². The first-order chi connectivity index (χ1) is 14.7. The molecule has 1 fully saturated rings. The van der Waals surface area contributed by atoms with Crippen molar-refractivity contribution in [1.29, 1.82) is 0 Å². The lowest BCUT2D eigenvalue weighted by Gasteiger charge is -2.32. The van der Waals surface area contributed by atoms with Crippen LogP contribution in [0, 0.1) is 5.92 Å². The van der Waals surface area contributed by atoms with Gasteiger partial charge in [-0.05, 0) is 86.2 Å². The van der Waals surface area contributed by atoms with E-state index in [-0.39, 0.29) is 6.03 Å². The fourth-order valence-electron chi connectivity index (χ4n) is 3.99. The van der Waals surface area contributed by atoms with Crippen molar-refractivity contribution in [3.05, 3.63) is 78.6 Å². The fourth-order valence-corrected chi connectivity index (χ4v) is 3.99. The van der Waals surface area contributed by atoms with Gasteiger partial charge in [-0.1, -0.05) is 12.1 Å². The quantitative estimate of drug-likeness (QED) is 0.602. The monoisotopic (exact) mass is 403 g/mol. The summed E-state index contributed by atoms with van der Waals surface area (Å²) < 4.78 is 7.56. The highest BCUT2D eigenvalue weighted by Crippen LogP contribution is 2.23. The Hall–Kier alpha value is -3.21. The minimum Gasteiger partial charge on any atom is -0.494 e. The van der Waals surface area contributed by atoms with Gasteiger partial charge in [-0.2, -0.15) is 0 Å². The Bertz CT molecular complexity index is 926. The van der Waals surface area contributed by atoms with Crippen LogP contribution in [0.2, 0.25) is 0 Å². The molecule has 4 rings (SSSR count). The molecule has 156 valence electrons. The van der Waals surface area contributed by atoms with Gasteiger partial charge in [0.25, 0.3) is 0 Å². The molecule has 0 aliphatic carbocycles. The molecule has 30 heavy (non-hydrogen) atoms. The van der Waals surface area contributed by atoms with Crippen molar-refractivity contribution in [2.24, 2.45) is 5.92 Å². The zero-order valence-electron chi connectivity index (χ0n) is 17.5. The van der Waals surface area contributed by atoms with E-state index in [9.17, 15) is 4.79 Å². The fraction of sp³-hybridized carbons (Fsp3) is 0.320. The predicted molar refractivity (Wildman–Crippen MR) is 120 cm³/mol. The van der Waals surface area contributed by atoms with Crippen molar-refractivity contribution in [2.75, 3.05) is 25.0 Å². The van der Waals surface area contributed by atoms with Crippen LogP contribution in [-0.2, 0) is 6.42 Å². The van der Waals surface area contributed by atoms with Crippen LogP contribution in [0.3, 0.4) is 0 Å². The van der Waals surface area contributed by atoms with Crippen LogP contribution in [0.15, 0.2) is 73.1 Å². The van der Waals surface area contributed by atoms with Gasteiger partial charge in [-0.15, -0.1) is 0 Å².